The molecule has 0 unspecified atom stereocenters. The number of aromatic nitrogens is 4. The van der Waals surface area contributed by atoms with E-state index in [1.54, 1.807) is 0 Å². The molecule has 0 radical (unpaired) electrons. The number of imidazole rings is 1. The Kier molecular flexibility index (Phi) is 13.5. The molecule has 2 aromatic heterocycles. The summed E-state index contributed by atoms with van der Waals surface area (Å²) in [5, 5.41) is 0. The predicted octanol–water partition coefficient (Wildman–Crippen LogP) is 10.4. The van der Waals surface area contributed by atoms with E-state index in [1.165, 1.54) is 16.5 Å². The van der Waals surface area contributed by atoms with Gasteiger partial charge in [0.25, 0.3) is 0 Å². The number of aryl methyl sites for hydroxylation is 1. The molecular formula is C34H42F6N4Sn. The molecule has 2 aromatic carbocycles. The number of nitrogens with zero attached hydrogens (tertiary/aromatic N) is 4. The third-order valence-corrected chi connectivity index (χ3v) is 22.9. The van der Waals surface area contributed by atoms with Crippen LogP contribution in [0.15, 0.2) is 73.2 Å². The molecule has 0 saturated heterocycles. The monoisotopic (exact) mass is 740 g/mol. The van der Waals surface area contributed by atoms with Gasteiger partial charge in [0.2, 0.25) is 0 Å². The summed E-state index contributed by atoms with van der Waals surface area (Å²) in [6, 6.07) is 14.9. The molecule has 0 N–H and O–H groups in total. The number of alkyl halides is 6. The van der Waals surface area contributed by atoms with Crippen LogP contribution in [0.4, 0.5) is 26.3 Å². The quantitative estimate of drug-likeness (QED) is 0.107. The second kappa shape index (κ2) is 16.6. The van der Waals surface area contributed by atoms with E-state index in [9.17, 15) is 26.3 Å². The number of hydrogen-bond acceptors (Lipinski definition) is 3. The van der Waals surface area contributed by atoms with Gasteiger partial charge in [-0.3, -0.25) is 0 Å². The average Bonchev–Trinajstić information content (AvgIpc) is 3.52. The molecule has 0 spiro atoms. The second-order valence-electron chi connectivity index (χ2n) is 11.4. The van der Waals surface area contributed by atoms with Crippen LogP contribution < -0.4 is 3.71 Å². The Morgan fingerprint density at radius 2 is 1.27 bits per heavy atom. The first-order valence-electron chi connectivity index (χ1n) is 15.5. The summed E-state index contributed by atoms with van der Waals surface area (Å²) in [4.78, 5) is 12.8. The van der Waals surface area contributed by atoms with Gasteiger partial charge in [0.1, 0.15) is 0 Å². The smallest absolute Gasteiger partial charge is 0.0398 e. The summed E-state index contributed by atoms with van der Waals surface area (Å²) in [6.07, 6.45) is 0.525. The van der Waals surface area contributed by atoms with Gasteiger partial charge in [0, 0.05) is 0 Å². The SMILES string of the molecule is CCC[CH2][Sn]([CH2]CCC)([CH2]CCC)[c]1cn(-c2nc(-c3ccc(C(F)(F)F)cc3)cc(C(F)(F)F)n2)cn1.Cc1ccccc1. The van der Waals surface area contributed by atoms with E-state index in [-0.39, 0.29) is 17.2 Å². The van der Waals surface area contributed by atoms with Gasteiger partial charge in [-0.15, -0.1) is 0 Å². The van der Waals surface area contributed by atoms with Crippen molar-refractivity contribution in [2.45, 2.75) is 91.9 Å². The van der Waals surface area contributed by atoms with Gasteiger partial charge in [-0.25, -0.2) is 0 Å². The predicted molar refractivity (Wildman–Crippen MR) is 170 cm³/mol. The number of halogens is 6. The minimum absolute atomic E-state index is 0.107. The Hall–Kier alpha value is -2.89. The molecule has 4 aromatic rings. The molecule has 0 saturated carbocycles. The van der Waals surface area contributed by atoms with E-state index in [0.717, 1.165) is 85.9 Å². The molecule has 244 valence electrons. The van der Waals surface area contributed by atoms with Crippen molar-refractivity contribution in [2.24, 2.45) is 0 Å². The zero-order valence-corrected chi connectivity index (χ0v) is 29.2. The van der Waals surface area contributed by atoms with Crippen molar-refractivity contribution in [1.29, 1.82) is 0 Å². The van der Waals surface area contributed by atoms with Crippen LogP contribution in [0, 0.1) is 6.92 Å². The summed E-state index contributed by atoms with van der Waals surface area (Å²) in [5.41, 5.74) is -0.701. The fraction of sp³-hybridized carbons (Fsp3) is 0.441. The van der Waals surface area contributed by atoms with Gasteiger partial charge < -0.3 is 0 Å². The van der Waals surface area contributed by atoms with E-state index >= 15 is 0 Å². The molecule has 0 aliphatic heterocycles. The van der Waals surface area contributed by atoms with E-state index < -0.39 is 42.0 Å². The van der Waals surface area contributed by atoms with Crippen LogP contribution in [0.1, 0.15) is 76.1 Å². The van der Waals surface area contributed by atoms with Crippen LogP contribution in [0.2, 0.25) is 13.3 Å². The topological polar surface area (TPSA) is 43.6 Å². The first-order valence-corrected chi connectivity index (χ1v) is 23.0. The molecule has 2 heterocycles. The van der Waals surface area contributed by atoms with Crippen LogP contribution in [0.25, 0.3) is 17.2 Å². The van der Waals surface area contributed by atoms with Gasteiger partial charge >= 0.3 is 224 Å². The van der Waals surface area contributed by atoms with Crippen LogP contribution in [-0.4, -0.2) is 37.9 Å². The van der Waals surface area contributed by atoms with Gasteiger partial charge in [-0.2, -0.15) is 0 Å². The molecule has 0 atom stereocenters. The van der Waals surface area contributed by atoms with Gasteiger partial charge in [0.05, 0.1) is 0 Å². The van der Waals surface area contributed by atoms with Crippen LogP contribution in [-0.2, 0) is 12.4 Å². The third kappa shape index (κ3) is 10.6. The maximum Gasteiger partial charge on any atom is -0.0398 e. The maximum atomic E-state index is 13.8. The second-order valence-corrected chi connectivity index (χ2v) is 24.5. The van der Waals surface area contributed by atoms with Crippen molar-refractivity contribution < 1.29 is 26.3 Å². The number of benzene rings is 2. The third-order valence-electron chi connectivity index (χ3n) is 7.84. The Morgan fingerprint density at radius 3 is 1.71 bits per heavy atom. The fourth-order valence-corrected chi connectivity index (χ4v) is 20.5. The number of unbranched alkanes of at least 4 members (excludes halogenated alkanes) is 3. The van der Waals surface area contributed by atoms with Gasteiger partial charge in [-0.05, 0) is 6.92 Å². The molecule has 4 nitrogen and oxygen atoms in total. The van der Waals surface area contributed by atoms with Crippen molar-refractivity contribution in [2.75, 3.05) is 0 Å². The molecule has 45 heavy (non-hydrogen) atoms. The molecule has 0 amide bonds. The molecule has 0 bridgehead atoms. The molecule has 0 fully saturated rings. The van der Waals surface area contributed by atoms with Crippen molar-refractivity contribution in [3.05, 3.63) is 90.0 Å². The Labute approximate surface area is 266 Å². The first kappa shape index (κ1) is 36.6. The Balaban J connectivity index is 0.000000693. The summed E-state index contributed by atoms with van der Waals surface area (Å²) < 4.78 is 86.1. The van der Waals surface area contributed by atoms with Crippen LogP contribution in [0.5, 0.6) is 0 Å². The zero-order chi connectivity index (χ0) is 33.1. The van der Waals surface area contributed by atoms with Crippen LogP contribution in [0.3, 0.4) is 0 Å². The number of hydrogen-bond donors (Lipinski definition) is 0. The summed E-state index contributed by atoms with van der Waals surface area (Å²) in [7, 11) is 0. The molecular weight excluding hydrogens is 697 g/mol. The number of rotatable bonds is 12. The molecule has 11 heteroatoms. The summed E-state index contributed by atoms with van der Waals surface area (Å²) >= 11 is -2.95. The van der Waals surface area contributed by atoms with E-state index in [0.29, 0.717) is 0 Å². The van der Waals surface area contributed by atoms with E-state index in [2.05, 4.69) is 49.8 Å². The van der Waals surface area contributed by atoms with Crippen molar-refractivity contribution in [1.82, 2.24) is 19.5 Å². The fourth-order valence-electron chi connectivity index (χ4n) is 5.22. The van der Waals surface area contributed by atoms with E-state index in [1.807, 2.05) is 24.4 Å². The average molecular weight is 739 g/mol. The largest absolute Gasteiger partial charge is 0.0622 e. The van der Waals surface area contributed by atoms with Gasteiger partial charge in [-0.1, -0.05) is 35.9 Å². The zero-order valence-electron chi connectivity index (χ0n) is 26.3. The molecule has 0 aliphatic carbocycles. The minimum atomic E-state index is -4.76. The van der Waals surface area contributed by atoms with Crippen molar-refractivity contribution in [3.8, 4) is 17.2 Å². The van der Waals surface area contributed by atoms with Gasteiger partial charge in [0.15, 0.2) is 0 Å². The van der Waals surface area contributed by atoms with Crippen LogP contribution >= 0.6 is 0 Å². The Bertz CT molecular complexity index is 1430. The normalized spacial score (nSPS) is 12.1. The molecule has 4 rings (SSSR count). The molecule has 0 aliphatic rings. The van der Waals surface area contributed by atoms with E-state index in [4.69, 9.17) is 4.98 Å². The Morgan fingerprint density at radius 1 is 0.711 bits per heavy atom. The van der Waals surface area contributed by atoms with Crippen molar-refractivity contribution in [3.63, 3.8) is 0 Å². The van der Waals surface area contributed by atoms with Crippen molar-refractivity contribution >= 4 is 22.1 Å². The first-order chi connectivity index (χ1) is 21.3. The standard InChI is InChI=1S/C15H7F6N4.C7H8.3C4H9.Sn/c16-14(17,18)10-3-1-9(2-4-10)11-7-12(15(19,20)21)24-13(23-11)25-6-5-22-8-25;1-7-5-3-2-4-6-7;3*1-3-4-2;/h1-4,6-8H;2-6H,1H3;3*1,3-4H2,2H3;. The summed E-state index contributed by atoms with van der Waals surface area (Å²) in [6.45, 7) is 8.57. The summed E-state index contributed by atoms with van der Waals surface area (Å²) in [5.74, 6) is -0.199. The minimum Gasteiger partial charge on any atom is -0.0622 e. The maximum absolute atomic E-state index is 13.8.